The van der Waals surface area contributed by atoms with E-state index in [2.05, 4.69) is 5.32 Å². The zero-order valence-corrected chi connectivity index (χ0v) is 16.1. The van der Waals surface area contributed by atoms with Gasteiger partial charge in [0.15, 0.2) is 0 Å². The van der Waals surface area contributed by atoms with Crippen LogP contribution in [0, 0.1) is 0 Å². The second kappa shape index (κ2) is 10.6. The molecule has 0 spiro atoms. The van der Waals surface area contributed by atoms with Crippen LogP contribution in [0.15, 0.2) is 47.4 Å². The fourth-order valence-electron chi connectivity index (χ4n) is 1.93. The summed E-state index contributed by atoms with van der Waals surface area (Å²) in [5, 5.41) is 4.06. The highest BCUT2D eigenvalue weighted by Gasteiger charge is 2.07. The van der Waals surface area contributed by atoms with Gasteiger partial charge in [0.25, 0.3) is 0 Å². The van der Waals surface area contributed by atoms with Crippen LogP contribution < -0.4 is 10.1 Å². The molecule has 134 valence electrons. The zero-order chi connectivity index (χ0) is 18.1. The molecule has 0 aliphatic heterocycles. The Kier molecular flexibility index (Phi) is 8.41. The summed E-state index contributed by atoms with van der Waals surface area (Å²) >= 11 is 13.4. The third-order valence-corrected chi connectivity index (χ3v) is 4.95. The molecule has 2 aromatic rings. The summed E-state index contributed by atoms with van der Waals surface area (Å²) in [6.07, 6.45) is 0. The lowest BCUT2D eigenvalue weighted by Crippen LogP contribution is -2.24. The number of amides is 1. The van der Waals surface area contributed by atoms with Crippen LogP contribution in [-0.4, -0.2) is 32.0 Å². The third-order valence-electron chi connectivity index (χ3n) is 3.22. The molecule has 1 N–H and O–H groups in total. The third kappa shape index (κ3) is 7.16. The van der Waals surface area contributed by atoms with E-state index in [1.807, 2.05) is 24.3 Å². The molecule has 25 heavy (non-hydrogen) atoms. The highest BCUT2D eigenvalue weighted by atomic mass is 35.5. The SMILES string of the molecule is COCCOc1ccc(CNC(=O)CSc2cc(Cl)ccc2Cl)cc1. The first-order chi connectivity index (χ1) is 12.1. The molecule has 0 saturated heterocycles. The van der Waals surface area contributed by atoms with E-state index in [1.165, 1.54) is 11.8 Å². The van der Waals surface area contributed by atoms with Gasteiger partial charge < -0.3 is 14.8 Å². The number of rotatable bonds is 9. The summed E-state index contributed by atoms with van der Waals surface area (Å²) < 4.78 is 10.4. The smallest absolute Gasteiger partial charge is 0.230 e. The molecule has 4 nitrogen and oxygen atoms in total. The molecule has 0 aromatic heterocycles. The van der Waals surface area contributed by atoms with Crippen molar-refractivity contribution in [3.05, 3.63) is 58.1 Å². The largest absolute Gasteiger partial charge is 0.491 e. The standard InChI is InChI=1S/C18H19Cl2NO3S/c1-23-8-9-24-15-5-2-13(3-6-15)11-21-18(22)12-25-17-10-14(19)4-7-16(17)20/h2-7,10H,8-9,11-12H2,1H3,(H,21,22). The number of hydrogen-bond acceptors (Lipinski definition) is 4. The van der Waals surface area contributed by atoms with Crippen molar-refractivity contribution in [3.63, 3.8) is 0 Å². The molecule has 0 aliphatic rings. The van der Waals surface area contributed by atoms with Gasteiger partial charge in [0.05, 0.1) is 17.4 Å². The van der Waals surface area contributed by atoms with Crippen LogP contribution >= 0.6 is 35.0 Å². The van der Waals surface area contributed by atoms with E-state index in [4.69, 9.17) is 32.7 Å². The highest BCUT2D eigenvalue weighted by molar-refractivity contribution is 8.00. The van der Waals surface area contributed by atoms with E-state index in [9.17, 15) is 4.79 Å². The zero-order valence-electron chi connectivity index (χ0n) is 13.8. The Labute approximate surface area is 161 Å². The first-order valence-corrected chi connectivity index (χ1v) is 9.38. The second-order valence-electron chi connectivity index (χ2n) is 5.13. The van der Waals surface area contributed by atoms with Crippen LogP contribution in [0.1, 0.15) is 5.56 Å². The minimum Gasteiger partial charge on any atom is -0.491 e. The number of thioether (sulfide) groups is 1. The molecule has 0 saturated carbocycles. The van der Waals surface area contributed by atoms with Gasteiger partial charge in [0.1, 0.15) is 12.4 Å². The number of methoxy groups -OCH3 is 1. The van der Waals surface area contributed by atoms with Crippen LogP contribution in [0.25, 0.3) is 0 Å². The fraction of sp³-hybridized carbons (Fsp3) is 0.278. The van der Waals surface area contributed by atoms with Crippen molar-refractivity contribution in [1.82, 2.24) is 5.32 Å². The van der Waals surface area contributed by atoms with Crippen molar-refractivity contribution >= 4 is 40.9 Å². The first kappa shape index (κ1) is 19.9. The average molecular weight is 400 g/mol. The Morgan fingerprint density at radius 2 is 1.88 bits per heavy atom. The topological polar surface area (TPSA) is 47.6 Å². The van der Waals surface area contributed by atoms with Crippen molar-refractivity contribution in [1.29, 1.82) is 0 Å². The Balaban J connectivity index is 1.75. The summed E-state index contributed by atoms with van der Waals surface area (Å²) in [7, 11) is 1.63. The van der Waals surface area contributed by atoms with E-state index < -0.39 is 0 Å². The van der Waals surface area contributed by atoms with Gasteiger partial charge in [-0.2, -0.15) is 0 Å². The summed E-state index contributed by atoms with van der Waals surface area (Å²) in [4.78, 5) is 12.8. The molecule has 0 fully saturated rings. The van der Waals surface area contributed by atoms with Gasteiger partial charge >= 0.3 is 0 Å². The number of halogens is 2. The number of carbonyl (C=O) groups is 1. The molecule has 1 amide bonds. The van der Waals surface area contributed by atoms with Gasteiger partial charge in [-0.25, -0.2) is 0 Å². The average Bonchev–Trinajstić information content (AvgIpc) is 2.62. The Hall–Kier alpha value is -1.40. The van der Waals surface area contributed by atoms with Crippen LogP contribution in [0.4, 0.5) is 0 Å². The fourth-order valence-corrected chi connectivity index (χ4v) is 3.25. The van der Waals surface area contributed by atoms with E-state index in [1.54, 1.807) is 25.3 Å². The van der Waals surface area contributed by atoms with Crippen molar-refractivity contribution in [3.8, 4) is 5.75 Å². The number of ether oxygens (including phenoxy) is 2. The molecule has 2 aromatic carbocycles. The van der Waals surface area contributed by atoms with E-state index in [0.29, 0.717) is 29.8 Å². The van der Waals surface area contributed by atoms with Gasteiger partial charge in [-0.05, 0) is 35.9 Å². The van der Waals surface area contributed by atoms with Crippen molar-refractivity contribution in [2.45, 2.75) is 11.4 Å². The minimum atomic E-state index is -0.0681. The Morgan fingerprint density at radius 3 is 2.60 bits per heavy atom. The van der Waals surface area contributed by atoms with E-state index in [-0.39, 0.29) is 11.7 Å². The maximum atomic E-state index is 12.0. The van der Waals surface area contributed by atoms with Crippen LogP contribution in [-0.2, 0) is 16.1 Å². The molecule has 7 heteroatoms. The lowest BCUT2D eigenvalue weighted by atomic mass is 10.2. The molecule has 0 radical (unpaired) electrons. The van der Waals surface area contributed by atoms with Crippen molar-refractivity contribution in [2.24, 2.45) is 0 Å². The van der Waals surface area contributed by atoms with Gasteiger partial charge in [0, 0.05) is 23.6 Å². The van der Waals surface area contributed by atoms with Gasteiger partial charge in [0.2, 0.25) is 5.91 Å². The normalized spacial score (nSPS) is 10.5. The van der Waals surface area contributed by atoms with Crippen LogP contribution in [0.2, 0.25) is 10.0 Å². The molecular formula is C18H19Cl2NO3S. The van der Waals surface area contributed by atoms with Crippen molar-refractivity contribution in [2.75, 3.05) is 26.1 Å². The number of benzene rings is 2. The van der Waals surface area contributed by atoms with E-state index >= 15 is 0 Å². The van der Waals surface area contributed by atoms with Crippen LogP contribution in [0.3, 0.4) is 0 Å². The number of carbonyl (C=O) groups excluding carboxylic acids is 1. The maximum absolute atomic E-state index is 12.0. The molecule has 2 rings (SSSR count). The highest BCUT2D eigenvalue weighted by Crippen LogP contribution is 2.29. The van der Waals surface area contributed by atoms with Crippen LogP contribution in [0.5, 0.6) is 5.75 Å². The second-order valence-corrected chi connectivity index (χ2v) is 6.99. The summed E-state index contributed by atoms with van der Waals surface area (Å²) in [6, 6.07) is 12.8. The molecule has 0 bridgehead atoms. The maximum Gasteiger partial charge on any atom is 0.230 e. The summed E-state index contributed by atoms with van der Waals surface area (Å²) in [5.74, 6) is 0.984. The summed E-state index contributed by atoms with van der Waals surface area (Å²) in [6.45, 7) is 1.52. The minimum absolute atomic E-state index is 0.0681. The lowest BCUT2D eigenvalue weighted by molar-refractivity contribution is -0.118. The summed E-state index contributed by atoms with van der Waals surface area (Å²) in [5.41, 5.74) is 0.998. The molecular weight excluding hydrogens is 381 g/mol. The quantitative estimate of drug-likeness (QED) is 0.500. The Morgan fingerprint density at radius 1 is 1.12 bits per heavy atom. The first-order valence-electron chi connectivity index (χ1n) is 7.63. The predicted octanol–water partition coefficient (Wildman–Crippen LogP) is 4.43. The molecule has 0 unspecified atom stereocenters. The lowest BCUT2D eigenvalue weighted by Gasteiger charge is -2.08. The van der Waals surface area contributed by atoms with Gasteiger partial charge in [-0.15, -0.1) is 11.8 Å². The monoisotopic (exact) mass is 399 g/mol. The Bertz CT molecular complexity index is 695. The molecule has 0 atom stereocenters. The molecule has 0 aliphatic carbocycles. The van der Waals surface area contributed by atoms with Crippen molar-refractivity contribution < 1.29 is 14.3 Å². The molecule has 0 heterocycles. The predicted molar refractivity (Wildman–Crippen MR) is 103 cm³/mol. The van der Waals surface area contributed by atoms with Gasteiger partial charge in [-0.1, -0.05) is 35.3 Å². The number of nitrogens with one attached hydrogen (secondary N) is 1. The number of hydrogen-bond donors (Lipinski definition) is 1. The van der Waals surface area contributed by atoms with Gasteiger partial charge in [-0.3, -0.25) is 4.79 Å². The van der Waals surface area contributed by atoms with E-state index in [0.717, 1.165) is 16.2 Å².